The smallest absolute Gasteiger partial charge is 0.258 e. The second-order valence-electron chi connectivity index (χ2n) is 2.66. The molecule has 0 aromatic heterocycles. The van der Waals surface area contributed by atoms with Gasteiger partial charge in [-0.3, -0.25) is 30.3 Å². The normalized spacial score (nSPS) is 10.0. The second-order valence-corrected chi connectivity index (χ2v) is 2.66. The van der Waals surface area contributed by atoms with Crippen LogP contribution in [0.25, 0.3) is 0 Å². The molecule has 0 fully saturated rings. The average molecular weight is 249 g/mol. The number of nitro benzene ring substituents is 3. The first kappa shape index (κ1) is 12.4. The number of benzene rings is 1. The van der Waals surface area contributed by atoms with E-state index in [0.29, 0.717) is 0 Å². The van der Waals surface area contributed by atoms with Crippen LogP contribution in [0.15, 0.2) is 6.07 Å². The van der Waals surface area contributed by atoms with Crippen molar-refractivity contribution in [3.05, 3.63) is 48.0 Å². The van der Waals surface area contributed by atoms with Gasteiger partial charge in [0.15, 0.2) is 0 Å². The molecule has 17 heavy (non-hydrogen) atoms. The highest BCUT2D eigenvalue weighted by molar-refractivity contribution is 5.56. The Morgan fingerprint density at radius 1 is 0.824 bits per heavy atom. The quantitative estimate of drug-likeness (QED) is 0.591. The monoisotopic (exact) mass is 249 g/mol. The lowest BCUT2D eigenvalue weighted by atomic mass is 10.2. The summed E-state index contributed by atoms with van der Waals surface area (Å²) in [6, 6.07) is -0.0162. The molecule has 0 unspecified atom stereocenters. The largest absolute Gasteiger partial charge is 0.354 e. The fourth-order valence-corrected chi connectivity index (χ4v) is 1.02. The number of rotatable bonds is 3. The molecule has 1 aromatic rings. The Bertz CT molecular complexity index is 507. The molecule has 0 saturated heterocycles. The van der Waals surface area contributed by atoms with Gasteiger partial charge in [0.1, 0.15) is 6.07 Å². The molecule has 0 heterocycles. The van der Waals surface area contributed by atoms with Crippen molar-refractivity contribution in [1.29, 1.82) is 0 Å². The van der Waals surface area contributed by atoms with Gasteiger partial charge >= 0.3 is 17.1 Å². The average Bonchev–Trinajstić information content (AvgIpc) is 2.15. The van der Waals surface area contributed by atoms with E-state index in [1.807, 2.05) is 0 Å². The maximum Gasteiger partial charge on any atom is 0.354 e. The van der Waals surface area contributed by atoms with Crippen LogP contribution in [0.5, 0.6) is 0 Å². The second kappa shape index (κ2) is 4.03. The Labute approximate surface area is 89.7 Å². The first-order valence-corrected chi connectivity index (χ1v) is 3.72. The molecule has 0 amide bonds. The minimum atomic E-state index is -2.07. The van der Waals surface area contributed by atoms with Crippen molar-refractivity contribution in [1.82, 2.24) is 0 Å². The first-order chi connectivity index (χ1) is 7.77. The molecule has 0 spiro atoms. The number of halogens is 2. The molecule has 9 nitrogen and oxygen atoms in total. The number of nitrogens with zero attached hydrogens (tertiary/aromatic N) is 3. The molecular formula is C6HF2N3O6. The van der Waals surface area contributed by atoms with Crippen molar-refractivity contribution in [2.75, 3.05) is 0 Å². The van der Waals surface area contributed by atoms with Crippen LogP contribution in [0.2, 0.25) is 0 Å². The standard InChI is InChI=1S/C6HF2N3O6/c7-4-2(9(12)13)1-3(10(14)15)5(8)6(4)11(16)17/h1H. The lowest BCUT2D eigenvalue weighted by Gasteiger charge is -1.98. The summed E-state index contributed by atoms with van der Waals surface area (Å²) in [4.78, 5) is 26.4. The minimum absolute atomic E-state index is 0.0162. The fraction of sp³-hybridized carbons (Fsp3) is 0. The maximum absolute atomic E-state index is 13.1. The van der Waals surface area contributed by atoms with Crippen LogP contribution < -0.4 is 0 Å². The van der Waals surface area contributed by atoms with Crippen LogP contribution in [-0.4, -0.2) is 14.8 Å². The zero-order valence-electron chi connectivity index (χ0n) is 7.62. The van der Waals surface area contributed by atoms with Crippen molar-refractivity contribution in [2.24, 2.45) is 0 Å². The Kier molecular flexibility index (Phi) is 2.93. The van der Waals surface area contributed by atoms with Crippen LogP contribution in [0.4, 0.5) is 25.8 Å². The summed E-state index contributed by atoms with van der Waals surface area (Å²) in [6.45, 7) is 0. The van der Waals surface area contributed by atoms with E-state index in [2.05, 4.69) is 0 Å². The summed E-state index contributed by atoms with van der Waals surface area (Å²) in [5.41, 5.74) is -5.00. The highest BCUT2D eigenvalue weighted by atomic mass is 19.1. The van der Waals surface area contributed by atoms with Gasteiger partial charge in [0.05, 0.1) is 14.8 Å². The molecule has 90 valence electrons. The van der Waals surface area contributed by atoms with Crippen molar-refractivity contribution < 1.29 is 23.6 Å². The van der Waals surface area contributed by atoms with E-state index in [4.69, 9.17) is 0 Å². The molecule has 0 saturated carbocycles. The van der Waals surface area contributed by atoms with Crippen molar-refractivity contribution >= 4 is 17.1 Å². The first-order valence-electron chi connectivity index (χ1n) is 3.72. The van der Waals surface area contributed by atoms with Gasteiger partial charge in [0.2, 0.25) is 0 Å². The van der Waals surface area contributed by atoms with Crippen LogP contribution in [0, 0.1) is 42.0 Å². The van der Waals surface area contributed by atoms with E-state index in [1.54, 1.807) is 0 Å². The third kappa shape index (κ3) is 1.97. The van der Waals surface area contributed by atoms with Gasteiger partial charge in [-0.1, -0.05) is 0 Å². The van der Waals surface area contributed by atoms with Crippen LogP contribution >= 0.6 is 0 Å². The van der Waals surface area contributed by atoms with E-state index in [0.717, 1.165) is 0 Å². The molecule has 1 rings (SSSR count). The lowest BCUT2D eigenvalue weighted by Crippen LogP contribution is -2.05. The van der Waals surface area contributed by atoms with E-state index in [-0.39, 0.29) is 6.07 Å². The Morgan fingerprint density at radius 3 is 1.41 bits per heavy atom. The lowest BCUT2D eigenvalue weighted by molar-refractivity contribution is -0.410. The molecule has 1 aromatic carbocycles. The van der Waals surface area contributed by atoms with Gasteiger partial charge in [0.25, 0.3) is 11.6 Å². The van der Waals surface area contributed by atoms with Crippen molar-refractivity contribution in [3.8, 4) is 0 Å². The summed E-state index contributed by atoms with van der Waals surface area (Å²) in [7, 11) is 0. The summed E-state index contributed by atoms with van der Waals surface area (Å²) < 4.78 is 26.3. The Morgan fingerprint density at radius 2 is 1.18 bits per heavy atom. The molecule has 0 atom stereocenters. The van der Waals surface area contributed by atoms with Crippen LogP contribution in [0.1, 0.15) is 0 Å². The zero-order chi connectivity index (χ0) is 13.3. The molecule has 0 aliphatic carbocycles. The van der Waals surface area contributed by atoms with E-state index < -0.39 is 43.5 Å². The molecule has 0 bridgehead atoms. The summed E-state index contributed by atoms with van der Waals surface area (Å²) >= 11 is 0. The predicted molar refractivity (Wildman–Crippen MR) is 46.3 cm³/mol. The predicted octanol–water partition coefficient (Wildman–Crippen LogP) is 1.69. The SMILES string of the molecule is O=[N+]([O-])c1cc([N+](=O)[O-])c(F)c([N+](=O)[O-])c1F. The van der Waals surface area contributed by atoms with Crippen LogP contribution in [-0.2, 0) is 0 Å². The summed E-state index contributed by atoms with van der Waals surface area (Å²) in [6.07, 6.45) is 0. The fourth-order valence-electron chi connectivity index (χ4n) is 1.02. The molecule has 0 aliphatic rings. The number of hydrogen-bond acceptors (Lipinski definition) is 6. The Hall–Kier alpha value is -2.72. The molecule has 0 N–H and O–H groups in total. The van der Waals surface area contributed by atoms with Gasteiger partial charge in [0, 0.05) is 0 Å². The van der Waals surface area contributed by atoms with Gasteiger partial charge in [-0.25, -0.2) is 0 Å². The van der Waals surface area contributed by atoms with Crippen molar-refractivity contribution in [2.45, 2.75) is 0 Å². The van der Waals surface area contributed by atoms with Gasteiger partial charge < -0.3 is 0 Å². The molecule has 0 radical (unpaired) electrons. The van der Waals surface area contributed by atoms with E-state index >= 15 is 0 Å². The van der Waals surface area contributed by atoms with E-state index in [9.17, 15) is 39.1 Å². The van der Waals surface area contributed by atoms with E-state index in [1.165, 1.54) is 0 Å². The third-order valence-electron chi connectivity index (χ3n) is 1.71. The van der Waals surface area contributed by atoms with Gasteiger partial charge in [-0.2, -0.15) is 8.78 Å². The topological polar surface area (TPSA) is 129 Å². The highest BCUT2D eigenvalue weighted by Gasteiger charge is 2.37. The summed E-state index contributed by atoms with van der Waals surface area (Å²) in [5.74, 6) is -4.13. The number of hydrogen-bond donors (Lipinski definition) is 0. The molecule has 11 heteroatoms. The molecular weight excluding hydrogens is 248 g/mol. The Balaban J connectivity index is 3.76. The zero-order valence-corrected chi connectivity index (χ0v) is 7.62. The third-order valence-corrected chi connectivity index (χ3v) is 1.71. The van der Waals surface area contributed by atoms with Gasteiger partial charge in [-0.05, 0) is 0 Å². The summed E-state index contributed by atoms with van der Waals surface area (Å²) in [5, 5.41) is 30.8. The van der Waals surface area contributed by atoms with Gasteiger partial charge in [-0.15, -0.1) is 0 Å². The number of nitro groups is 3. The minimum Gasteiger partial charge on any atom is -0.258 e. The van der Waals surface area contributed by atoms with Crippen LogP contribution in [0.3, 0.4) is 0 Å². The molecule has 0 aliphatic heterocycles. The van der Waals surface area contributed by atoms with Crippen molar-refractivity contribution in [3.63, 3.8) is 0 Å². The highest BCUT2D eigenvalue weighted by Crippen LogP contribution is 2.35. The maximum atomic E-state index is 13.1.